The Kier molecular flexibility index (Phi) is 5.07. The predicted octanol–water partition coefficient (Wildman–Crippen LogP) is 2.68. The number of nitrogens with one attached hydrogen (secondary N) is 1. The van der Waals surface area contributed by atoms with Crippen LogP contribution in [0.5, 0.6) is 0 Å². The van der Waals surface area contributed by atoms with E-state index in [0.29, 0.717) is 18.7 Å². The molecule has 1 aliphatic heterocycles. The van der Waals surface area contributed by atoms with Crippen LogP contribution in [-0.2, 0) is 16.0 Å². The fourth-order valence-electron chi connectivity index (χ4n) is 2.88. The third kappa shape index (κ3) is 4.21. The van der Waals surface area contributed by atoms with E-state index in [2.05, 4.69) is 5.32 Å². The molecule has 6 heteroatoms. The first-order valence-electron chi connectivity index (χ1n) is 8.11. The topological polar surface area (TPSA) is 49.4 Å². The molecule has 0 bridgehead atoms. The van der Waals surface area contributed by atoms with Gasteiger partial charge in [0.25, 0.3) is 0 Å². The number of hydrogen-bond donors (Lipinski definition) is 1. The molecule has 1 N–H and O–H groups in total. The van der Waals surface area contributed by atoms with Crippen LogP contribution in [0.4, 0.5) is 14.5 Å². The molecule has 25 heavy (non-hydrogen) atoms. The van der Waals surface area contributed by atoms with Crippen molar-refractivity contribution in [2.24, 2.45) is 5.92 Å². The van der Waals surface area contributed by atoms with Gasteiger partial charge in [-0.25, -0.2) is 8.78 Å². The highest BCUT2D eigenvalue weighted by Gasteiger charge is 2.34. The second-order valence-electron chi connectivity index (χ2n) is 6.05. The molecular weight excluding hydrogens is 326 g/mol. The van der Waals surface area contributed by atoms with Gasteiger partial charge in [0.2, 0.25) is 11.8 Å². The highest BCUT2D eigenvalue weighted by atomic mass is 19.1. The monoisotopic (exact) mass is 344 g/mol. The fourth-order valence-corrected chi connectivity index (χ4v) is 2.88. The second-order valence-corrected chi connectivity index (χ2v) is 6.05. The molecule has 4 nitrogen and oxygen atoms in total. The molecule has 0 aliphatic carbocycles. The summed E-state index contributed by atoms with van der Waals surface area (Å²) in [4.78, 5) is 25.9. The Bertz CT molecular complexity index is 760. The van der Waals surface area contributed by atoms with E-state index in [1.54, 1.807) is 12.1 Å². The smallest absolute Gasteiger partial charge is 0.227 e. The van der Waals surface area contributed by atoms with Crippen molar-refractivity contribution < 1.29 is 18.4 Å². The fraction of sp³-hybridized carbons (Fsp3) is 0.263. The summed E-state index contributed by atoms with van der Waals surface area (Å²) < 4.78 is 25.8. The number of benzene rings is 2. The SMILES string of the molecule is O=C(NCCc1ccc(F)cc1)C1CC(=O)N(c2ccc(F)cc2)C1. The number of carbonyl (C=O) groups excluding carboxylic acids is 2. The lowest BCUT2D eigenvalue weighted by Gasteiger charge is -2.16. The van der Waals surface area contributed by atoms with E-state index < -0.39 is 5.92 Å². The van der Waals surface area contributed by atoms with E-state index in [4.69, 9.17) is 0 Å². The van der Waals surface area contributed by atoms with E-state index in [-0.39, 0.29) is 36.4 Å². The zero-order valence-electron chi connectivity index (χ0n) is 13.5. The molecule has 0 radical (unpaired) electrons. The van der Waals surface area contributed by atoms with Crippen LogP contribution in [0.2, 0.25) is 0 Å². The van der Waals surface area contributed by atoms with Gasteiger partial charge in [-0.3, -0.25) is 9.59 Å². The minimum atomic E-state index is -0.425. The molecule has 1 unspecified atom stereocenters. The number of nitrogens with zero attached hydrogens (tertiary/aromatic N) is 1. The molecule has 1 heterocycles. The summed E-state index contributed by atoms with van der Waals surface area (Å²) in [6, 6.07) is 11.8. The molecule has 2 amide bonds. The Balaban J connectivity index is 1.52. The highest BCUT2D eigenvalue weighted by Crippen LogP contribution is 2.25. The molecule has 2 aromatic carbocycles. The highest BCUT2D eigenvalue weighted by molar-refractivity contribution is 6.00. The first kappa shape index (κ1) is 17.1. The molecule has 0 saturated carbocycles. The number of anilines is 1. The molecule has 3 rings (SSSR count). The normalized spacial score (nSPS) is 17.0. The lowest BCUT2D eigenvalue weighted by molar-refractivity contribution is -0.126. The second kappa shape index (κ2) is 7.42. The summed E-state index contributed by atoms with van der Waals surface area (Å²) in [7, 11) is 0. The van der Waals surface area contributed by atoms with Gasteiger partial charge in [0.1, 0.15) is 11.6 Å². The van der Waals surface area contributed by atoms with Crippen molar-refractivity contribution in [2.75, 3.05) is 18.0 Å². The van der Waals surface area contributed by atoms with Crippen LogP contribution in [-0.4, -0.2) is 24.9 Å². The zero-order chi connectivity index (χ0) is 17.8. The van der Waals surface area contributed by atoms with Gasteiger partial charge in [-0.2, -0.15) is 0 Å². The van der Waals surface area contributed by atoms with E-state index in [9.17, 15) is 18.4 Å². The Morgan fingerprint density at radius 1 is 1.04 bits per heavy atom. The molecule has 1 atom stereocenters. The zero-order valence-corrected chi connectivity index (χ0v) is 13.5. The van der Waals surface area contributed by atoms with Gasteiger partial charge in [-0.1, -0.05) is 12.1 Å². The van der Waals surface area contributed by atoms with Crippen LogP contribution in [0.1, 0.15) is 12.0 Å². The van der Waals surface area contributed by atoms with Crippen molar-refractivity contribution in [3.8, 4) is 0 Å². The standard InChI is InChI=1S/C19H18F2N2O2/c20-15-3-1-13(2-4-15)9-10-22-19(25)14-11-18(24)23(12-14)17-7-5-16(21)6-8-17/h1-8,14H,9-12H2,(H,22,25). The lowest BCUT2D eigenvalue weighted by atomic mass is 10.1. The van der Waals surface area contributed by atoms with Crippen molar-refractivity contribution in [3.63, 3.8) is 0 Å². The maximum atomic E-state index is 13.0. The van der Waals surface area contributed by atoms with Crippen LogP contribution in [0, 0.1) is 17.6 Å². The summed E-state index contributed by atoms with van der Waals surface area (Å²) in [6.45, 7) is 0.707. The molecular formula is C19H18F2N2O2. The summed E-state index contributed by atoms with van der Waals surface area (Å²) in [6.07, 6.45) is 0.730. The van der Waals surface area contributed by atoms with Crippen LogP contribution in [0.3, 0.4) is 0 Å². The van der Waals surface area contributed by atoms with Gasteiger partial charge in [0.15, 0.2) is 0 Å². The van der Waals surface area contributed by atoms with Crippen molar-refractivity contribution in [1.29, 1.82) is 0 Å². The molecule has 2 aromatic rings. The van der Waals surface area contributed by atoms with Crippen LogP contribution >= 0.6 is 0 Å². The van der Waals surface area contributed by atoms with Gasteiger partial charge in [0, 0.05) is 25.2 Å². The minimum absolute atomic E-state index is 0.139. The molecule has 130 valence electrons. The van der Waals surface area contributed by atoms with Gasteiger partial charge in [-0.15, -0.1) is 0 Å². The summed E-state index contributed by atoms with van der Waals surface area (Å²) in [5.74, 6) is -1.42. The Morgan fingerprint density at radius 2 is 1.64 bits per heavy atom. The Labute approximate surface area is 144 Å². The number of rotatable bonds is 5. The summed E-state index contributed by atoms with van der Waals surface area (Å²) >= 11 is 0. The van der Waals surface area contributed by atoms with Gasteiger partial charge in [-0.05, 0) is 48.4 Å². The average molecular weight is 344 g/mol. The molecule has 1 aliphatic rings. The van der Waals surface area contributed by atoms with E-state index >= 15 is 0 Å². The third-order valence-electron chi connectivity index (χ3n) is 4.26. The first-order valence-corrected chi connectivity index (χ1v) is 8.11. The number of hydrogen-bond acceptors (Lipinski definition) is 2. The Hall–Kier alpha value is -2.76. The predicted molar refractivity (Wildman–Crippen MR) is 90.0 cm³/mol. The lowest BCUT2D eigenvalue weighted by Crippen LogP contribution is -2.34. The van der Waals surface area contributed by atoms with Gasteiger partial charge >= 0.3 is 0 Å². The Morgan fingerprint density at radius 3 is 2.28 bits per heavy atom. The molecule has 1 fully saturated rings. The van der Waals surface area contributed by atoms with E-state index in [1.165, 1.54) is 41.3 Å². The van der Waals surface area contributed by atoms with Gasteiger partial charge in [0.05, 0.1) is 5.92 Å². The minimum Gasteiger partial charge on any atom is -0.355 e. The summed E-state index contributed by atoms with van der Waals surface area (Å²) in [5, 5.41) is 2.82. The van der Waals surface area contributed by atoms with Crippen molar-refractivity contribution >= 4 is 17.5 Å². The van der Waals surface area contributed by atoms with Crippen molar-refractivity contribution in [2.45, 2.75) is 12.8 Å². The molecule has 0 spiro atoms. The average Bonchev–Trinajstić information content (AvgIpc) is 2.99. The van der Waals surface area contributed by atoms with Crippen molar-refractivity contribution in [3.05, 3.63) is 65.7 Å². The van der Waals surface area contributed by atoms with Crippen LogP contribution in [0.25, 0.3) is 0 Å². The number of carbonyl (C=O) groups is 2. The maximum Gasteiger partial charge on any atom is 0.227 e. The molecule has 0 aromatic heterocycles. The third-order valence-corrected chi connectivity index (χ3v) is 4.26. The molecule has 1 saturated heterocycles. The van der Waals surface area contributed by atoms with E-state index in [1.807, 2.05) is 0 Å². The van der Waals surface area contributed by atoms with Crippen LogP contribution < -0.4 is 10.2 Å². The van der Waals surface area contributed by atoms with E-state index in [0.717, 1.165) is 5.56 Å². The quantitative estimate of drug-likeness (QED) is 0.907. The maximum absolute atomic E-state index is 13.0. The van der Waals surface area contributed by atoms with Crippen LogP contribution in [0.15, 0.2) is 48.5 Å². The van der Waals surface area contributed by atoms with Gasteiger partial charge < -0.3 is 10.2 Å². The largest absolute Gasteiger partial charge is 0.355 e. The number of halogens is 2. The summed E-state index contributed by atoms with van der Waals surface area (Å²) in [5.41, 5.74) is 1.52. The number of amides is 2. The first-order chi connectivity index (χ1) is 12.0. The van der Waals surface area contributed by atoms with Crippen molar-refractivity contribution in [1.82, 2.24) is 5.32 Å².